The molecule has 0 aromatic heterocycles. The maximum absolute atomic E-state index is 13.9. The van der Waals surface area contributed by atoms with Gasteiger partial charge in [-0.2, -0.15) is 0 Å². The Balaban J connectivity index is 1.65. The third-order valence-corrected chi connectivity index (χ3v) is 4.82. The van der Waals surface area contributed by atoms with Crippen LogP contribution < -0.4 is 5.32 Å². The Hall–Kier alpha value is -2.73. The molecule has 0 aliphatic carbocycles. The average molecular weight is 370 g/mol. The van der Waals surface area contributed by atoms with Crippen molar-refractivity contribution >= 4 is 17.6 Å². The maximum Gasteiger partial charge on any atom is 0.339 e. The molecule has 1 atom stereocenters. The van der Waals surface area contributed by atoms with Crippen LogP contribution in [0.1, 0.15) is 28.8 Å². The van der Waals surface area contributed by atoms with E-state index in [1.165, 1.54) is 13.2 Å². The summed E-state index contributed by atoms with van der Waals surface area (Å²) in [6.07, 6.45) is 1.63. The van der Waals surface area contributed by atoms with Crippen LogP contribution in [0.5, 0.6) is 0 Å². The number of esters is 1. The molecule has 1 saturated heterocycles. The van der Waals surface area contributed by atoms with Crippen LogP contribution >= 0.6 is 0 Å². The fraction of sp³-hybridized carbons (Fsp3) is 0.333. The number of carbonyl (C=O) groups is 2. The van der Waals surface area contributed by atoms with Gasteiger partial charge in [-0.25, -0.2) is 9.18 Å². The molecule has 3 rings (SSSR count). The van der Waals surface area contributed by atoms with Crippen LogP contribution in [-0.4, -0.2) is 37.0 Å². The minimum absolute atomic E-state index is 0.135. The van der Waals surface area contributed by atoms with Crippen molar-refractivity contribution in [3.8, 4) is 0 Å². The van der Waals surface area contributed by atoms with Crippen molar-refractivity contribution in [2.45, 2.75) is 19.4 Å². The molecule has 5 nitrogen and oxygen atoms in total. The van der Waals surface area contributed by atoms with Gasteiger partial charge in [-0.15, -0.1) is 0 Å². The highest BCUT2D eigenvalue weighted by molar-refractivity contribution is 6.01. The first-order chi connectivity index (χ1) is 13.1. The van der Waals surface area contributed by atoms with E-state index >= 15 is 0 Å². The number of hydrogen-bond acceptors (Lipinski definition) is 4. The molecule has 6 heteroatoms. The van der Waals surface area contributed by atoms with Gasteiger partial charge in [0.1, 0.15) is 5.82 Å². The molecule has 1 fully saturated rings. The molecule has 0 spiro atoms. The summed E-state index contributed by atoms with van der Waals surface area (Å²) in [7, 11) is 1.31. The second kappa shape index (κ2) is 8.77. The first-order valence-electron chi connectivity index (χ1n) is 9.02. The van der Waals surface area contributed by atoms with Crippen LogP contribution in [0, 0.1) is 11.7 Å². The van der Waals surface area contributed by atoms with Crippen LogP contribution in [-0.2, 0) is 16.1 Å². The normalized spacial score (nSPS) is 17.3. The molecule has 0 bridgehead atoms. The number of likely N-dealkylation sites (tertiary alicyclic amines) is 1. The van der Waals surface area contributed by atoms with Crippen molar-refractivity contribution in [2.75, 3.05) is 25.5 Å². The van der Waals surface area contributed by atoms with E-state index in [2.05, 4.69) is 10.2 Å². The molecule has 2 aromatic carbocycles. The Morgan fingerprint density at radius 2 is 1.93 bits per heavy atom. The maximum atomic E-state index is 13.9. The van der Waals surface area contributed by atoms with Crippen molar-refractivity contribution in [1.29, 1.82) is 0 Å². The highest BCUT2D eigenvalue weighted by atomic mass is 19.1. The van der Waals surface area contributed by atoms with Gasteiger partial charge in [-0.3, -0.25) is 9.69 Å². The number of benzene rings is 2. The fourth-order valence-corrected chi connectivity index (χ4v) is 3.40. The minimum atomic E-state index is -0.490. The number of piperidine rings is 1. The highest BCUT2D eigenvalue weighted by Gasteiger charge is 2.27. The van der Waals surface area contributed by atoms with Gasteiger partial charge in [0.05, 0.1) is 24.3 Å². The van der Waals surface area contributed by atoms with E-state index in [1.54, 1.807) is 36.4 Å². The van der Waals surface area contributed by atoms with E-state index in [1.807, 2.05) is 6.07 Å². The molecule has 27 heavy (non-hydrogen) atoms. The molecule has 142 valence electrons. The molecule has 1 aliphatic heterocycles. The number of anilines is 1. The highest BCUT2D eigenvalue weighted by Crippen LogP contribution is 2.23. The molecule has 2 aromatic rings. The molecule has 1 aliphatic rings. The van der Waals surface area contributed by atoms with Crippen molar-refractivity contribution in [2.24, 2.45) is 5.92 Å². The second-order valence-corrected chi connectivity index (χ2v) is 6.69. The number of hydrogen-bond donors (Lipinski definition) is 1. The Morgan fingerprint density at radius 1 is 1.19 bits per heavy atom. The van der Waals surface area contributed by atoms with E-state index < -0.39 is 5.97 Å². The summed E-state index contributed by atoms with van der Waals surface area (Å²) in [4.78, 5) is 26.7. The van der Waals surface area contributed by atoms with E-state index in [9.17, 15) is 14.0 Å². The number of para-hydroxylation sites is 1. The van der Waals surface area contributed by atoms with E-state index in [-0.39, 0.29) is 17.6 Å². The zero-order chi connectivity index (χ0) is 19.2. The van der Waals surface area contributed by atoms with E-state index in [0.717, 1.165) is 19.4 Å². The Kier molecular flexibility index (Phi) is 6.19. The molecular formula is C21H23FN2O3. The van der Waals surface area contributed by atoms with Crippen molar-refractivity contribution in [1.82, 2.24) is 4.90 Å². The summed E-state index contributed by atoms with van der Waals surface area (Å²) in [5.41, 5.74) is 1.41. The topological polar surface area (TPSA) is 58.6 Å². The number of ether oxygens (including phenoxy) is 1. The summed E-state index contributed by atoms with van der Waals surface area (Å²) in [5, 5.41) is 2.85. The zero-order valence-corrected chi connectivity index (χ0v) is 15.3. The molecule has 1 N–H and O–H groups in total. The van der Waals surface area contributed by atoms with Crippen LogP contribution in [0.25, 0.3) is 0 Å². The number of halogens is 1. The SMILES string of the molecule is COC(=O)c1ccccc1NC(=O)C1CCCN(Cc2ccccc2F)C1. The lowest BCUT2D eigenvalue weighted by molar-refractivity contribution is -0.121. The first-order valence-corrected chi connectivity index (χ1v) is 9.02. The predicted octanol–water partition coefficient (Wildman–Crippen LogP) is 3.46. The molecule has 1 amide bonds. The number of methoxy groups -OCH3 is 1. The summed E-state index contributed by atoms with van der Waals surface area (Å²) in [6.45, 7) is 1.87. The van der Waals surface area contributed by atoms with Crippen molar-refractivity contribution in [3.63, 3.8) is 0 Å². The number of carbonyl (C=O) groups excluding carboxylic acids is 2. The summed E-state index contributed by atoms with van der Waals surface area (Å²) in [6, 6.07) is 13.5. The lowest BCUT2D eigenvalue weighted by atomic mass is 9.96. The Bertz CT molecular complexity index is 825. The largest absolute Gasteiger partial charge is 0.465 e. The first kappa shape index (κ1) is 19.0. The summed E-state index contributed by atoms with van der Waals surface area (Å²) >= 11 is 0. The monoisotopic (exact) mass is 370 g/mol. The van der Waals surface area contributed by atoms with Gasteiger partial charge >= 0.3 is 5.97 Å². The number of nitrogens with one attached hydrogen (secondary N) is 1. The number of amides is 1. The quantitative estimate of drug-likeness (QED) is 0.819. The van der Waals surface area contributed by atoms with Gasteiger partial charge in [-0.1, -0.05) is 30.3 Å². The standard InChI is InChI=1S/C21H23FN2O3/c1-27-21(26)17-9-3-5-11-19(17)23-20(25)16-8-6-12-24(14-16)13-15-7-2-4-10-18(15)22/h2-5,7,9-11,16H,6,8,12-14H2,1H3,(H,23,25). The molecule has 1 unspecified atom stereocenters. The van der Waals surface area contributed by atoms with Crippen molar-refractivity contribution in [3.05, 3.63) is 65.5 Å². The Morgan fingerprint density at radius 3 is 2.70 bits per heavy atom. The third-order valence-electron chi connectivity index (χ3n) is 4.82. The second-order valence-electron chi connectivity index (χ2n) is 6.69. The van der Waals surface area contributed by atoms with Gasteiger partial charge in [0, 0.05) is 18.7 Å². The number of nitrogens with zero attached hydrogens (tertiary/aromatic N) is 1. The van der Waals surface area contributed by atoms with Crippen LogP contribution in [0.4, 0.5) is 10.1 Å². The minimum Gasteiger partial charge on any atom is -0.465 e. The smallest absolute Gasteiger partial charge is 0.339 e. The molecule has 0 radical (unpaired) electrons. The number of rotatable bonds is 5. The van der Waals surface area contributed by atoms with Gasteiger partial charge < -0.3 is 10.1 Å². The van der Waals surface area contributed by atoms with Crippen LogP contribution in [0.3, 0.4) is 0 Å². The molecule has 1 heterocycles. The summed E-state index contributed by atoms with van der Waals surface area (Å²) in [5.74, 6) is -1.06. The summed E-state index contributed by atoms with van der Waals surface area (Å²) < 4.78 is 18.7. The fourth-order valence-electron chi connectivity index (χ4n) is 3.40. The lowest BCUT2D eigenvalue weighted by Crippen LogP contribution is -2.40. The predicted molar refractivity (Wildman–Crippen MR) is 101 cm³/mol. The van der Waals surface area contributed by atoms with E-state index in [0.29, 0.717) is 29.9 Å². The van der Waals surface area contributed by atoms with Gasteiger partial charge in [-0.05, 0) is 37.6 Å². The van der Waals surface area contributed by atoms with Crippen molar-refractivity contribution < 1.29 is 18.7 Å². The molecule has 0 saturated carbocycles. The van der Waals surface area contributed by atoms with Gasteiger partial charge in [0.25, 0.3) is 0 Å². The van der Waals surface area contributed by atoms with E-state index in [4.69, 9.17) is 4.74 Å². The molecular weight excluding hydrogens is 347 g/mol. The third kappa shape index (κ3) is 4.71. The Labute approximate surface area is 158 Å². The van der Waals surface area contributed by atoms with Crippen LogP contribution in [0.2, 0.25) is 0 Å². The van der Waals surface area contributed by atoms with Gasteiger partial charge in [0.15, 0.2) is 0 Å². The van der Waals surface area contributed by atoms with Crippen LogP contribution in [0.15, 0.2) is 48.5 Å². The lowest BCUT2D eigenvalue weighted by Gasteiger charge is -2.32. The van der Waals surface area contributed by atoms with Gasteiger partial charge in [0.2, 0.25) is 5.91 Å². The zero-order valence-electron chi connectivity index (χ0n) is 15.3. The average Bonchev–Trinajstić information content (AvgIpc) is 2.70.